The molecule has 0 radical (unpaired) electrons. The molecule has 7 nitrogen and oxygen atoms in total. The summed E-state index contributed by atoms with van der Waals surface area (Å²) in [5, 5.41) is 15.7. The van der Waals surface area contributed by atoms with Gasteiger partial charge in [0, 0.05) is 18.5 Å². The van der Waals surface area contributed by atoms with Crippen LogP contribution >= 0.6 is 0 Å². The number of aromatic nitrogens is 2. The van der Waals surface area contributed by atoms with Gasteiger partial charge in [-0.3, -0.25) is 4.79 Å². The number of aromatic carboxylic acids is 1. The molecule has 0 unspecified atom stereocenters. The van der Waals surface area contributed by atoms with Crippen molar-refractivity contribution in [1.82, 2.24) is 9.78 Å². The Hall–Kier alpha value is -2.67. The number of hydrogen-bond acceptors (Lipinski definition) is 4. The molecule has 1 fully saturated rings. The summed E-state index contributed by atoms with van der Waals surface area (Å²) in [5.74, 6) is -1.20. The molecule has 0 bridgehead atoms. The third-order valence-electron chi connectivity index (χ3n) is 3.68. The number of rotatable bonds is 4. The summed E-state index contributed by atoms with van der Waals surface area (Å²) in [6.45, 7) is 0.627. The zero-order valence-corrected chi connectivity index (χ0v) is 12.4. The Kier molecular flexibility index (Phi) is 4.38. The Labute approximate surface area is 132 Å². The number of anilines is 1. The second kappa shape index (κ2) is 6.62. The van der Waals surface area contributed by atoms with Crippen LogP contribution in [-0.2, 0) is 9.53 Å². The van der Waals surface area contributed by atoms with Crippen LogP contribution in [0.1, 0.15) is 29.8 Å². The highest BCUT2D eigenvalue weighted by molar-refractivity contribution is 5.94. The highest BCUT2D eigenvalue weighted by Gasteiger charge is 2.21. The standard InChI is InChI=1S/C16H17N3O4/c20-15(14-3-1-2-10-23-14)17-11-4-6-12(7-5-11)19-9-8-13(18-19)16(21)22/h4-9,14H,1-3,10H2,(H,17,20)(H,21,22)/t14-/m1/s1. The first-order chi connectivity index (χ1) is 11.1. The van der Waals surface area contributed by atoms with Gasteiger partial charge in [0.05, 0.1) is 5.69 Å². The number of carboxylic acids is 1. The van der Waals surface area contributed by atoms with Gasteiger partial charge in [0.2, 0.25) is 0 Å². The average Bonchev–Trinajstić information content (AvgIpc) is 3.07. The minimum absolute atomic E-state index is 0.0168. The number of amides is 1. The first kappa shape index (κ1) is 15.2. The summed E-state index contributed by atoms with van der Waals surface area (Å²) in [6, 6.07) is 8.45. The van der Waals surface area contributed by atoms with Crippen molar-refractivity contribution >= 4 is 17.6 Å². The normalized spacial score (nSPS) is 17.7. The summed E-state index contributed by atoms with van der Waals surface area (Å²) in [7, 11) is 0. The van der Waals surface area contributed by atoms with Crippen molar-refractivity contribution < 1.29 is 19.4 Å². The lowest BCUT2D eigenvalue weighted by Gasteiger charge is -2.21. The molecule has 1 aliphatic rings. The smallest absolute Gasteiger partial charge is 0.356 e. The Morgan fingerprint density at radius 3 is 2.61 bits per heavy atom. The minimum atomic E-state index is -1.07. The summed E-state index contributed by atoms with van der Waals surface area (Å²) in [5.41, 5.74) is 1.36. The second-order valence-corrected chi connectivity index (χ2v) is 5.34. The van der Waals surface area contributed by atoms with Gasteiger partial charge >= 0.3 is 5.97 Å². The van der Waals surface area contributed by atoms with Crippen molar-refractivity contribution in [1.29, 1.82) is 0 Å². The van der Waals surface area contributed by atoms with Crippen molar-refractivity contribution in [3.8, 4) is 5.69 Å². The molecular weight excluding hydrogens is 298 g/mol. The van der Waals surface area contributed by atoms with E-state index in [1.807, 2.05) is 0 Å². The number of nitrogens with one attached hydrogen (secondary N) is 1. The van der Waals surface area contributed by atoms with Gasteiger partial charge in [-0.1, -0.05) is 0 Å². The lowest BCUT2D eigenvalue weighted by molar-refractivity contribution is -0.129. The molecule has 1 amide bonds. The van der Waals surface area contributed by atoms with Crippen LogP contribution in [0.5, 0.6) is 0 Å². The van der Waals surface area contributed by atoms with Crippen LogP contribution in [0.4, 0.5) is 5.69 Å². The fourth-order valence-electron chi connectivity index (χ4n) is 2.45. The number of benzene rings is 1. The zero-order valence-electron chi connectivity index (χ0n) is 12.4. The SMILES string of the molecule is O=C(O)c1ccn(-c2ccc(NC(=O)[C@H]3CCCCO3)cc2)n1. The number of nitrogens with zero attached hydrogens (tertiary/aromatic N) is 2. The lowest BCUT2D eigenvalue weighted by Crippen LogP contribution is -2.33. The van der Waals surface area contributed by atoms with Gasteiger partial charge in [0.15, 0.2) is 5.69 Å². The molecule has 2 N–H and O–H groups in total. The quantitative estimate of drug-likeness (QED) is 0.901. The number of carboxylic acid groups (broad SMARTS) is 1. The van der Waals surface area contributed by atoms with E-state index < -0.39 is 5.97 Å². The number of hydrogen-bond donors (Lipinski definition) is 2. The van der Waals surface area contributed by atoms with Crippen LogP contribution in [0.15, 0.2) is 36.5 Å². The summed E-state index contributed by atoms with van der Waals surface area (Å²) in [6.07, 6.45) is 3.94. The Morgan fingerprint density at radius 1 is 1.22 bits per heavy atom. The van der Waals surface area contributed by atoms with E-state index in [2.05, 4.69) is 10.4 Å². The predicted octanol–water partition coefficient (Wildman–Crippen LogP) is 2.08. The van der Waals surface area contributed by atoms with E-state index in [0.29, 0.717) is 18.0 Å². The van der Waals surface area contributed by atoms with Crippen molar-refractivity contribution in [2.75, 3.05) is 11.9 Å². The molecule has 1 aromatic heterocycles. The van der Waals surface area contributed by atoms with Crippen molar-refractivity contribution in [3.05, 3.63) is 42.2 Å². The molecule has 1 aromatic carbocycles. The first-order valence-electron chi connectivity index (χ1n) is 7.45. The van der Waals surface area contributed by atoms with Gasteiger partial charge in [-0.2, -0.15) is 5.10 Å². The third kappa shape index (κ3) is 3.57. The molecule has 1 aliphatic heterocycles. The predicted molar refractivity (Wildman–Crippen MR) is 82.7 cm³/mol. The van der Waals surface area contributed by atoms with E-state index in [1.54, 1.807) is 30.5 Å². The van der Waals surface area contributed by atoms with E-state index in [1.165, 1.54) is 10.7 Å². The lowest BCUT2D eigenvalue weighted by atomic mass is 10.1. The highest BCUT2D eigenvalue weighted by Crippen LogP contribution is 2.17. The van der Waals surface area contributed by atoms with Gasteiger partial charge < -0.3 is 15.2 Å². The minimum Gasteiger partial charge on any atom is -0.476 e. The number of carbonyl (C=O) groups excluding carboxylic acids is 1. The molecule has 0 aliphatic carbocycles. The number of carbonyl (C=O) groups is 2. The molecule has 2 heterocycles. The van der Waals surface area contributed by atoms with Crippen LogP contribution in [0.25, 0.3) is 5.69 Å². The summed E-state index contributed by atoms with van der Waals surface area (Å²) in [4.78, 5) is 22.9. The Morgan fingerprint density at radius 2 is 2.00 bits per heavy atom. The molecule has 23 heavy (non-hydrogen) atoms. The average molecular weight is 315 g/mol. The molecule has 7 heteroatoms. The van der Waals surface area contributed by atoms with Crippen molar-refractivity contribution in [3.63, 3.8) is 0 Å². The van der Waals surface area contributed by atoms with Crippen LogP contribution in [0, 0.1) is 0 Å². The fourth-order valence-corrected chi connectivity index (χ4v) is 2.45. The molecule has 0 saturated carbocycles. The summed E-state index contributed by atoms with van der Waals surface area (Å²) < 4.78 is 6.92. The van der Waals surface area contributed by atoms with Crippen LogP contribution in [0.3, 0.4) is 0 Å². The maximum absolute atomic E-state index is 12.1. The Bertz CT molecular complexity index is 702. The van der Waals surface area contributed by atoms with E-state index in [9.17, 15) is 9.59 Å². The van der Waals surface area contributed by atoms with E-state index >= 15 is 0 Å². The topological polar surface area (TPSA) is 93.5 Å². The van der Waals surface area contributed by atoms with E-state index in [4.69, 9.17) is 9.84 Å². The molecule has 1 atom stereocenters. The third-order valence-corrected chi connectivity index (χ3v) is 3.68. The monoisotopic (exact) mass is 315 g/mol. The van der Waals surface area contributed by atoms with E-state index in [-0.39, 0.29) is 17.7 Å². The van der Waals surface area contributed by atoms with Crippen molar-refractivity contribution in [2.45, 2.75) is 25.4 Å². The maximum Gasteiger partial charge on any atom is 0.356 e. The molecule has 3 rings (SSSR count). The molecule has 120 valence electrons. The van der Waals surface area contributed by atoms with E-state index in [0.717, 1.165) is 19.3 Å². The largest absolute Gasteiger partial charge is 0.476 e. The second-order valence-electron chi connectivity index (χ2n) is 5.34. The van der Waals surface area contributed by atoms with Crippen molar-refractivity contribution in [2.24, 2.45) is 0 Å². The summed E-state index contributed by atoms with van der Waals surface area (Å²) >= 11 is 0. The van der Waals surface area contributed by atoms with Crippen LogP contribution in [0.2, 0.25) is 0 Å². The maximum atomic E-state index is 12.1. The number of ether oxygens (including phenoxy) is 1. The molecule has 1 saturated heterocycles. The van der Waals surface area contributed by atoms with Crippen LogP contribution < -0.4 is 5.32 Å². The highest BCUT2D eigenvalue weighted by atomic mass is 16.5. The Balaban J connectivity index is 1.66. The molecular formula is C16H17N3O4. The van der Waals surface area contributed by atoms with Gasteiger partial charge in [-0.25, -0.2) is 9.48 Å². The van der Waals surface area contributed by atoms with Gasteiger partial charge in [0.25, 0.3) is 5.91 Å². The first-order valence-corrected chi connectivity index (χ1v) is 7.45. The van der Waals surface area contributed by atoms with Gasteiger partial charge in [-0.15, -0.1) is 0 Å². The fraction of sp³-hybridized carbons (Fsp3) is 0.312. The van der Waals surface area contributed by atoms with Gasteiger partial charge in [-0.05, 0) is 49.6 Å². The van der Waals surface area contributed by atoms with Crippen LogP contribution in [-0.4, -0.2) is 39.5 Å². The molecule has 2 aromatic rings. The molecule has 0 spiro atoms. The zero-order chi connectivity index (χ0) is 16.2. The van der Waals surface area contributed by atoms with Gasteiger partial charge in [0.1, 0.15) is 6.10 Å².